The molecule has 3 rings (SSSR count). The molecule has 0 aliphatic heterocycles. The summed E-state index contributed by atoms with van der Waals surface area (Å²) in [5.74, 6) is -3.01. The SMILES string of the molecule is Fc1ccc(-c2cccnc2-c2ccc(F)cc2F)c(F)c1.[Ir+3]. The van der Waals surface area contributed by atoms with Crippen LogP contribution in [0.4, 0.5) is 17.6 Å². The number of halogens is 4. The van der Waals surface area contributed by atoms with Gasteiger partial charge in [0.25, 0.3) is 0 Å². The molecule has 0 aliphatic rings. The first-order valence-electron chi connectivity index (χ1n) is 6.42. The van der Waals surface area contributed by atoms with Gasteiger partial charge in [0.15, 0.2) is 0 Å². The predicted octanol–water partition coefficient (Wildman–Crippen LogP) is 4.97. The summed E-state index contributed by atoms with van der Waals surface area (Å²) >= 11 is 0. The van der Waals surface area contributed by atoms with Crippen LogP contribution in [-0.4, -0.2) is 4.98 Å². The van der Waals surface area contributed by atoms with Crippen LogP contribution in [0.25, 0.3) is 22.4 Å². The average Bonchev–Trinajstić information content (AvgIpc) is 2.48. The first kappa shape index (κ1) is 17.3. The Balaban J connectivity index is 0.00000192. The first-order valence-corrected chi connectivity index (χ1v) is 6.42. The van der Waals surface area contributed by atoms with Crippen molar-refractivity contribution in [2.24, 2.45) is 0 Å². The largest absolute Gasteiger partial charge is 3.00 e. The minimum absolute atomic E-state index is 0. The summed E-state index contributed by atoms with van der Waals surface area (Å²) in [5.41, 5.74) is 0.588. The maximum atomic E-state index is 14.0. The smallest absolute Gasteiger partial charge is 0.255 e. The Hall–Kier alpha value is -2.04. The second-order valence-corrected chi connectivity index (χ2v) is 4.65. The van der Waals surface area contributed by atoms with Gasteiger partial charge in [0.1, 0.15) is 23.3 Å². The van der Waals surface area contributed by atoms with Crippen molar-refractivity contribution in [3.63, 3.8) is 0 Å². The molecule has 0 bridgehead atoms. The fraction of sp³-hybridized carbons (Fsp3) is 0. The molecule has 0 fully saturated rings. The van der Waals surface area contributed by atoms with Crippen molar-refractivity contribution in [2.45, 2.75) is 0 Å². The summed E-state index contributed by atoms with van der Waals surface area (Å²) in [5, 5.41) is 0. The van der Waals surface area contributed by atoms with E-state index in [0.29, 0.717) is 5.56 Å². The zero-order valence-electron chi connectivity index (χ0n) is 11.5. The van der Waals surface area contributed by atoms with Crippen LogP contribution in [0.5, 0.6) is 0 Å². The molecule has 0 atom stereocenters. The number of benzene rings is 2. The fourth-order valence-electron chi connectivity index (χ4n) is 2.23. The Kier molecular flexibility index (Phi) is 5.29. The first-order chi connectivity index (χ1) is 10.6. The van der Waals surface area contributed by atoms with Crippen LogP contribution in [-0.2, 0) is 20.1 Å². The molecule has 0 amide bonds. The summed E-state index contributed by atoms with van der Waals surface area (Å²) in [7, 11) is 0. The van der Waals surface area contributed by atoms with E-state index in [9.17, 15) is 17.6 Å². The molecule has 0 N–H and O–H groups in total. The van der Waals surface area contributed by atoms with Gasteiger partial charge in [-0.3, -0.25) is 4.98 Å². The van der Waals surface area contributed by atoms with Crippen molar-refractivity contribution < 1.29 is 37.7 Å². The molecule has 0 radical (unpaired) electrons. The normalized spacial score (nSPS) is 10.3. The van der Waals surface area contributed by atoms with Gasteiger partial charge in [0.2, 0.25) is 0 Å². The van der Waals surface area contributed by atoms with E-state index in [-0.39, 0.29) is 36.9 Å². The van der Waals surface area contributed by atoms with E-state index in [1.165, 1.54) is 18.3 Å². The zero-order chi connectivity index (χ0) is 15.7. The number of aromatic nitrogens is 1. The Labute approximate surface area is 143 Å². The molecular formula is C17H9F4IrN+3. The van der Waals surface area contributed by atoms with Gasteiger partial charge in [0.05, 0.1) is 5.69 Å². The quantitative estimate of drug-likeness (QED) is 0.458. The minimum atomic E-state index is -0.803. The van der Waals surface area contributed by atoms with Crippen molar-refractivity contribution in [1.82, 2.24) is 4.98 Å². The third kappa shape index (κ3) is 3.49. The van der Waals surface area contributed by atoms with E-state index in [1.54, 1.807) is 12.1 Å². The molecule has 116 valence electrons. The molecule has 0 aliphatic carbocycles. The maximum Gasteiger partial charge on any atom is 3.00 e. The van der Waals surface area contributed by atoms with Crippen molar-refractivity contribution >= 4 is 0 Å². The van der Waals surface area contributed by atoms with Crippen molar-refractivity contribution in [2.75, 3.05) is 0 Å². The van der Waals surface area contributed by atoms with E-state index >= 15 is 0 Å². The predicted molar refractivity (Wildman–Crippen MR) is 74.9 cm³/mol. The molecule has 0 saturated heterocycles. The molecule has 0 saturated carbocycles. The Bertz CT molecular complexity index is 781. The molecule has 1 aromatic heterocycles. The van der Waals surface area contributed by atoms with E-state index in [1.807, 2.05) is 0 Å². The molecule has 1 heterocycles. The molecule has 0 spiro atoms. The topological polar surface area (TPSA) is 12.9 Å². The summed E-state index contributed by atoms with van der Waals surface area (Å²) in [6.07, 6.45) is 1.42. The van der Waals surface area contributed by atoms with E-state index in [4.69, 9.17) is 0 Å². The van der Waals surface area contributed by atoms with Gasteiger partial charge in [-0.05, 0) is 30.3 Å². The molecule has 3 aromatic rings. The number of rotatable bonds is 2. The van der Waals surface area contributed by atoms with Crippen LogP contribution in [0, 0.1) is 23.3 Å². The standard InChI is InChI=1S/C17H9F4N.Ir/c18-10-3-5-12(15(20)8-10)13-2-1-7-22-17(13)14-6-4-11(19)9-16(14)21;/h1-9H;/q;+3. The average molecular weight is 495 g/mol. The second kappa shape index (κ2) is 7.02. The molecule has 2 aromatic carbocycles. The van der Waals surface area contributed by atoms with Gasteiger partial charge in [-0.2, -0.15) is 0 Å². The molecule has 0 unspecified atom stereocenters. The molecule has 6 heteroatoms. The van der Waals surface area contributed by atoms with Crippen LogP contribution >= 0.6 is 0 Å². The van der Waals surface area contributed by atoms with E-state index < -0.39 is 23.3 Å². The maximum absolute atomic E-state index is 14.0. The van der Waals surface area contributed by atoms with Gasteiger partial charge >= 0.3 is 20.1 Å². The van der Waals surface area contributed by atoms with Gasteiger partial charge in [-0.25, -0.2) is 17.6 Å². The third-order valence-electron chi connectivity index (χ3n) is 3.22. The molecule has 23 heavy (non-hydrogen) atoms. The summed E-state index contributed by atoms with van der Waals surface area (Å²) < 4.78 is 54.0. The van der Waals surface area contributed by atoms with Gasteiger partial charge in [-0.15, -0.1) is 0 Å². The van der Waals surface area contributed by atoms with Gasteiger partial charge in [-0.1, -0.05) is 6.07 Å². The van der Waals surface area contributed by atoms with E-state index in [2.05, 4.69) is 4.98 Å². The van der Waals surface area contributed by atoms with Crippen LogP contribution in [0.2, 0.25) is 0 Å². The summed E-state index contributed by atoms with van der Waals surface area (Å²) in [4.78, 5) is 4.06. The van der Waals surface area contributed by atoms with Crippen LogP contribution < -0.4 is 0 Å². The Morgan fingerprint density at radius 3 is 1.78 bits per heavy atom. The van der Waals surface area contributed by atoms with Crippen LogP contribution in [0.15, 0.2) is 54.7 Å². The van der Waals surface area contributed by atoms with Gasteiger partial charge in [0, 0.05) is 35.0 Å². The van der Waals surface area contributed by atoms with Crippen molar-refractivity contribution in [1.29, 1.82) is 0 Å². The summed E-state index contributed by atoms with van der Waals surface area (Å²) in [6.45, 7) is 0. The zero-order valence-corrected chi connectivity index (χ0v) is 13.9. The minimum Gasteiger partial charge on any atom is -0.255 e. The third-order valence-corrected chi connectivity index (χ3v) is 3.22. The van der Waals surface area contributed by atoms with Crippen LogP contribution in [0.3, 0.4) is 0 Å². The number of pyridine rings is 1. The Morgan fingerprint density at radius 1 is 0.652 bits per heavy atom. The second-order valence-electron chi connectivity index (χ2n) is 4.65. The Morgan fingerprint density at radius 2 is 1.22 bits per heavy atom. The van der Waals surface area contributed by atoms with Crippen LogP contribution in [0.1, 0.15) is 0 Å². The number of hydrogen-bond donors (Lipinski definition) is 0. The summed E-state index contributed by atoms with van der Waals surface area (Å²) in [6, 6.07) is 9.27. The molecule has 1 nitrogen and oxygen atoms in total. The van der Waals surface area contributed by atoms with Gasteiger partial charge < -0.3 is 0 Å². The molecular weight excluding hydrogens is 486 g/mol. The number of hydrogen-bond acceptors (Lipinski definition) is 1. The fourth-order valence-corrected chi connectivity index (χ4v) is 2.23. The van der Waals surface area contributed by atoms with Crippen molar-refractivity contribution in [3.05, 3.63) is 78.0 Å². The van der Waals surface area contributed by atoms with E-state index in [0.717, 1.165) is 24.3 Å². The van der Waals surface area contributed by atoms with Crippen molar-refractivity contribution in [3.8, 4) is 22.4 Å². The monoisotopic (exact) mass is 496 g/mol. The number of nitrogens with zero attached hydrogens (tertiary/aromatic N) is 1.